The van der Waals surface area contributed by atoms with E-state index in [1.54, 1.807) is 42.5 Å². The van der Waals surface area contributed by atoms with Crippen LogP contribution in [0, 0.1) is 0 Å². The lowest BCUT2D eigenvalue weighted by atomic mass is 10.2. The Morgan fingerprint density at radius 1 is 1.04 bits per heavy atom. The van der Waals surface area contributed by atoms with E-state index in [1.165, 1.54) is 11.8 Å². The number of hydrogen-bond acceptors (Lipinski definition) is 3. The van der Waals surface area contributed by atoms with Gasteiger partial charge in [0.25, 0.3) is 5.91 Å². The molecule has 1 aliphatic rings. The Labute approximate surface area is 152 Å². The van der Waals surface area contributed by atoms with E-state index in [0.29, 0.717) is 30.8 Å². The molecular formula is C16H9Cl3N2OS. The van der Waals surface area contributed by atoms with Crippen LogP contribution in [0.2, 0.25) is 15.1 Å². The van der Waals surface area contributed by atoms with Gasteiger partial charge in [0, 0.05) is 15.1 Å². The van der Waals surface area contributed by atoms with Crippen LogP contribution in [0.3, 0.4) is 0 Å². The van der Waals surface area contributed by atoms with E-state index >= 15 is 0 Å². The summed E-state index contributed by atoms with van der Waals surface area (Å²) in [6, 6.07) is 12.2. The van der Waals surface area contributed by atoms with E-state index in [-0.39, 0.29) is 5.91 Å². The Bertz CT molecular complexity index is 849. The van der Waals surface area contributed by atoms with Gasteiger partial charge in [0.15, 0.2) is 5.17 Å². The number of aliphatic imine (C=N–C) groups is 1. The summed E-state index contributed by atoms with van der Waals surface area (Å²) in [6.45, 7) is 0. The minimum Gasteiger partial charge on any atom is -0.300 e. The van der Waals surface area contributed by atoms with E-state index < -0.39 is 0 Å². The number of carbonyl (C=O) groups is 1. The van der Waals surface area contributed by atoms with Gasteiger partial charge in [-0.3, -0.25) is 4.79 Å². The molecule has 1 heterocycles. The van der Waals surface area contributed by atoms with Crippen LogP contribution in [0.5, 0.6) is 0 Å². The van der Waals surface area contributed by atoms with E-state index in [9.17, 15) is 4.79 Å². The number of carbonyl (C=O) groups excluding carboxylic acids is 1. The van der Waals surface area contributed by atoms with Gasteiger partial charge in [-0.25, -0.2) is 4.99 Å². The third-order valence-corrected chi connectivity index (χ3v) is 4.65. The van der Waals surface area contributed by atoms with Crippen LogP contribution < -0.4 is 5.32 Å². The first kappa shape index (κ1) is 16.4. The maximum absolute atomic E-state index is 12.0. The first-order chi connectivity index (χ1) is 11.0. The Hall–Kier alpha value is -1.46. The minimum atomic E-state index is -0.221. The molecule has 0 bridgehead atoms. The van der Waals surface area contributed by atoms with Gasteiger partial charge in [-0.15, -0.1) is 0 Å². The van der Waals surface area contributed by atoms with E-state index in [1.807, 2.05) is 6.07 Å². The molecule has 1 saturated heterocycles. The van der Waals surface area contributed by atoms with Crippen molar-refractivity contribution in [1.29, 1.82) is 0 Å². The molecular weight excluding hydrogens is 375 g/mol. The van der Waals surface area contributed by atoms with Crippen molar-refractivity contribution in [2.24, 2.45) is 4.99 Å². The normalized spacial score (nSPS) is 17.8. The van der Waals surface area contributed by atoms with Crippen LogP contribution in [-0.4, -0.2) is 11.1 Å². The number of halogens is 3. The number of amidine groups is 1. The Kier molecular flexibility index (Phi) is 4.97. The Morgan fingerprint density at radius 3 is 2.57 bits per heavy atom. The summed E-state index contributed by atoms with van der Waals surface area (Å²) in [5.74, 6) is -0.221. The molecule has 0 saturated carbocycles. The number of hydrogen-bond donors (Lipinski definition) is 1. The van der Waals surface area contributed by atoms with Gasteiger partial charge >= 0.3 is 0 Å². The van der Waals surface area contributed by atoms with Crippen LogP contribution in [0.15, 0.2) is 52.4 Å². The van der Waals surface area contributed by atoms with E-state index in [4.69, 9.17) is 34.8 Å². The predicted molar refractivity (Wildman–Crippen MR) is 98.7 cm³/mol. The fourth-order valence-corrected chi connectivity index (χ4v) is 3.38. The fourth-order valence-electron chi connectivity index (χ4n) is 1.90. The number of benzene rings is 2. The minimum absolute atomic E-state index is 0.221. The van der Waals surface area contributed by atoms with Crippen LogP contribution in [-0.2, 0) is 4.79 Å². The molecule has 1 amide bonds. The molecule has 0 unspecified atom stereocenters. The number of rotatable bonds is 2. The molecule has 0 atom stereocenters. The topological polar surface area (TPSA) is 41.5 Å². The highest BCUT2D eigenvalue weighted by Crippen LogP contribution is 2.31. The van der Waals surface area contributed by atoms with Crippen molar-refractivity contribution < 1.29 is 4.79 Å². The highest BCUT2D eigenvalue weighted by atomic mass is 35.5. The molecule has 0 aliphatic carbocycles. The summed E-state index contributed by atoms with van der Waals surface area (Å²) in [5, 5.41) is 4.83. The molecule has 1 fully saturated rings. The third-order valence-electron chi connectivity index (χ3n) is 2.94. The molecule has 2 aromatic rings. The van der Waals surface area contributed by atoms with Crippen molar-refractivity contribution in [2.45, 2.75) is 0 Å². The van der Waals surface area contributed by atoms with Crippen molar-refractivity contribution in [1.82, 2.24) is 5.32 Å². The lowest BCUT2D eigenvalue weighted by Gasteiger charge is -1.99. The van der Waals surface area contributed by atoms with E-state index in [0.717, 1.165) is 5.56 Å². The van der Waals surface area contributed by atoms with Crippen molar-refractivity contribution in [3.8, 4) is 0 Å². The maximum atomic E-state index is 12.0. The second kappa shape index (κ2) is 6.97. The molecule has 7 heteroatoms. The molecule has 116 valence electrons. The van der Waals surface area contributed by atoms with Crippen molar-refractivity contribution in [2.75, 3.05) is 0 Å². The second-order valence-corrected chi connectivity index (χ2v) is 6.94. The summed E-state index contributed by atoms with van der Waals surface area (Å²) >= 11 is 19.2. The number of amides is 1. The average molecular weight is 384 g/mol. The van der Waals surface area contributed by atoms with Crippen LogP contribution >= 0.6 is 46.6 Å². The van der Waals surface area contributed by atoms with Crippen LogP contribution in [0.25, 0.3) is 6.08 Å². The first-order valence-electron chi connectivity index (χ1n) is 6.51. The summed E-state index contributed by atoms with van der Waals surface area (Å²) < 4.78 is 0. The lowest BCUT2D eigenvalue weighted by molar-refractivity contribution is -0.115. The quantitative estimate of drug-likeness (QED) is 0.692. The van der Waals surface area contributed by atoms with Gasteiger partial charge in [-0.1, -0.05) is 46.9 Å². The first-order valence-corrected chi connectivity index (χ1v) is 8.46. The molecule has 23 heavy (non-hydrogen) atoms. The number of nitrogens with one attached hydrogen (secondary N) is 1. The molecule has 0 spiro atoms. The molecule has 3 nitrogen and oxygen atoms in total. The summed E-state index contributed by atoms with van der Waals surface area (Å²) in [5.41, 5.74) is 1.39. The van der Waals surface area contributed by atoms with Gasteiger partial charge < -0.3 is 5.32 Å². The Balaban J connectivity index is 1.86. The zero-order valence-corrected chi connectivity index (χ0v) is 14.6. The standard InChI is InChI=1S/C16H9Cl3N2OS/c17-10-2-1-3-12(7-10)20-16-21-15(22)14(23-16)6-9-4-5-11(18)8-13(9)19/h1-8H,(H,20,21,22)/b14-6+. The number of thioether (sulfide) groups is 1. The van der Waals surface area contributed by atoms with E-state index in [2.05, 4.69) is 10.3 Å². The highest BCUT2D eigenvalue weighted by Gasteiger charge is 2.24. The zero-order chi connectivity index (χ0) is 16.4. The predicted octanol–water partition coefficient (Wildman–Crippen LogP) is 5.54. The fraction of sp³-hybridized carbons (Fsp3) is 0. The van der Waals surface area contributed by atoms with Gasteiger partial charge in [0.2, 0.25) is 0 Å². The lowest BCUT2D eigenvalue weighted by Crippen LogP contribution is -2.19. The van der Waals surface area contributed by atoms with Crippen molar-refractivity contribution in [3.05, 3.63) is 68.0 Å². The summed E-state index contributed by atoms with van der Waals surface area (Å²) in [4.78, 5) is 16.9. The van der Waals surface area contributed by atoms with Gasteiger partial charge in [-0.2, -0.15) is 0 Å². The summed E-state index contributed by atoms with van der Waals surface area (Å²) in [6.07, 6.45) is 1.71. The smallest absolute Gasteiger partial charge is 0.264 e. The molecule has 1 aliphatic heterocycles. The van der Waals surface area contributed by atoms with Crippen LogP contribution in [0.4, 0.5) is 5.69 Å². The maximum Gasteiger partial charge on any atom is 0.264 e. The van der Waals surface area contributed by atoms with Crippen molar-refractivity contribution in [3.63, 3.8) is 0 Å². The van der Waals surface area contributed by atoms with Crippen LogP contribution in [0.1, 0.15) is 5.56 Å². The molecule has 0 radical (unpaired) electrons. The van der Waals surface area contributed by atoms with Gasteiger partial charge in [0.1, 0.15) is 0 Å². The highest BCUT2D eigenvalue weighted by molar-refractivity contribution is 8.18. The van der Waals surface area contributed by atoms with Crippen molar-refractivity contribution >= 4 is 69.4 Å². The zero-order valence-electron chi connectivity index (χ0n) is 11.5. The monoisotopic (exact) mass is 382 g/mol. The molecule has 3 rings (SSSR count). The van der Waals surface area contributed by atoms with Gasteiger partial charge in [-0.05, 0) is 53.7 Å². The molecule has 2 aromatic carbocycles. The summed E-state index contributed by atoms with van der Waals surface area (Å²) in [7, 11) is 0. The number of nitrogens with zero attached hydrogens (tertiary/aromatic N) is 1. The SMILES string of the molecule is O=C1NC(=Nc2cccc(Cl)c2)S/C1=C/c1ccc(Cl)cc1Cl. The largest absolute Gasteiger partial charge is 0.300 e. The Morgan fingerprint density at radius 2 is 1.83 bits per heavy atom. The molecule has 1 N–H and O–H groups in total. The second-order valence-electron chi connectivity index (χ2n) is 4.63. The third kappa shape index (κ3) is 4.09. The van der Waals surface area contributed by atoms with Gasteiger partial charge in [0.05, 0.1) is 10.6 Å². The molecule has 0 aromatic heterocycles. The average Bonchev–Trinajstić information content (AvgIpc) is 2.82.